The Labute approximate surface area is 118 Å². The third-order valence-corrected chi connectivity index (χ3v) is 2.78. The maximum Gasteiger partial charge on any atom is 0.213 e. The van der Waals surface area contributed by atoms with Crippen LogP contribution in [0.2, 0.25) is 0 Å². The van der Waals surface area contributed by atoms with Crippen molar-refractivity contribution >= 4 is 6.29 Å². The van der Waals surface area contributed by atoms with E-state index in [9.17, 15) is 4.79 Å². The van der Waals surface area contributed by atoms with Gasteiger partial charge >= 0.3 is 0 Å². The normalized spacial score (nSPS) is 10.4. The van der Waals surface area contributed by atoms with Crippen LogP contribution in [0.3, 0.4) is 0 Å². The number of carbonyl (C=O) groups excluding carboxylic acids is 1. The molecule has 1 aromatic heterocycles. The van der Waals surface area contributed by atoms with Gasteiger partial charge in [-0.2, -0.15) is 0 Å². The van der Waals surface area contributed by atoms with E-state index in [2.05, 4.69) is 4.98 Å². The zero-order valence-corrected chi connectivity index (χ0v) is 11.8. The number of ether oxygens (including phenoxy) is 2. The summed E-state index contributed by atoms with van der Waals surface area (Å²) in [5.74, 6) is 1.20. The molecule has 0 unspecified atom stereocenters. The van der Waals surface area contributed by atoms with Gasteiger partial charge in [0, 0.05) is 17.8 Å². The van der Waals surface area contributed by atoms with E-state index in [0.29, 0.717) is 17.2 Å². The van der Waals surface area contributed by atoms with E-state index in [0.717, 1.165) is 17.4 Å². The molecule has 2 aromatic rings. The van der Waals surface area contributed by atoms with E-state index < -0.39 is 0 Å². The van der Waals surface area contributed by atoms with Gasteiger partial charge in [0.15, 0.2) is 6.29 Å². The SMILES string of the molecule is COc1cc(-c2ccc(OC(C)C)cc2C=O)ccn1. The predicted octanol–water partition coefficient (Wildman–Crippen LogP) is 3.36. The Balaban J connectivity index is 2.42. The van der Waals surface area contributed by atoms with E-state index in [-0.39, 0.29) is 6.10 Å². The molecule has 0 N–H and O–H groups in total. The lowest BCUT2D eigenvalue weighted by Gasteiger charge is -2.12. The second-order valence-electron chi connectivity index (χ2n) is 4.62. The van der Waals surface area contributed by atoms with Gasteiger partial charge in [0.25, 0.3) is 0 Å². The van der Waals surface area contributed by atoms with Gasteiger partial charge in [-0.05, 0) is 49.2 Å². The summed E-state index contributed by atoms with van der Waals surface area (Å²) in [4.78, 5) is 15.4. The lowest BCUT2D eigenvalue weighted by atomic mass is 10.0. The molecule has 0 spiro atoms. The molecule has 1 heterocycles. The van der Waals surface area contributed by atoms with Crippen LogP contribution in [0.5, 0.6) is 11.6 Å². The van der Waals surface area contributed by atoms with Crippen LogP contribution in [0.4, 0.5) is 0 Å². The van der Waals surface area contributed by atoms with Crippen molar-refractivity contribution in [3.63, 3.8) is 0 Å². The number of pyridine rings is 1. The Morgan fingerprint density at radius 1 is 1.20 bits per heavy atom. The Bertz CT molecular complexity index is 608. The van der Waals surface area contributed by atoms with E-state index >= 15 is 0 Å². The first-order valence-electron chi connectivity index (χ1n) is 6.40. The molecule has 20 heavy (non-hydrogen) atoms. The molecule has 0 amide bonds. The minimum atomic E-state index is 0.0707. The Morgan fingerprint density at radius 3 is 2.65 bits per heavy atom. The number of methoxy groups -OCH3 is 1. The third-order valence-electron chi connectivity index (χ3n) is 2.78. The van der Waals surface area contributed by atoms with Gasteiger partial charge in [-0.25, -0.2) is 4.98 Å². The highest BCUT2D eigenvalue weighted by atomic mass is 16.5. The molecular formula is C16H17NO3. The van der Waals surface area contributed by atoms with Crippen LogP contribution in [0, 0.1) is 0 Å². The summed E-state index contributed by atoms with van der Waals surface area (Å²) in [5.41, 5.74) is 2.29. The summed E-state index contributed by atoms with van der Waals surface area (Å²) >= 11 is 0. The van der Waals surface area contributed by atoms with Crippen LogP contribution >= 0.6 is 0 Å². The van der Waals surface area contributed by atoms with Gasteiger partial charge < -0.3 is 9.47 Å². The standard InChI is InChI=1S/C16H17NO3/c1-11(2)20-14-4-5-15(13(8-14)10-18)12-6-7-17-16(9-12)19-3/h4-11H,1-3H3. The molecule has 0 bridgehead atoms. The number of rotatable bonds is 5. The fraction of sp³-hybridized carbons (Fsp3) is 0.250. The summed E-state index contributed by atoms with van der Waals surface area (Å²) in [7, 11) is 1.56. The number of aromatic nitrogens is 1. The Kier molecular flexibility index (Phi) is 4.35. The molecule has 0 atom stereocenters. The van der Waals surface area contributed by atoms with Crippen LogP contribution in [-0.4, -0.2) is 24.5 Å². The average Bonchev–Trinajstić information content (AvgIpc) is 2.46. The number of hydrogen-bond acceptors (Lipinski definition) is 4. The minimum absolute atomic E-state index is 0.0707. The molecule has 104 valence electrons. The average molecular weight is 271 g/mol. The van der Waals surface area contributed by atoms with Crippen LogP contribution < -0.4 is 9.47 Å². The van der Waals surface area contributed by atoms with Crippen molar-refractivity contribution in [1.82, 2.24) is 4.98 Å². The summed E-state index contributed by atoms with van der Waals surface area (Å²) in [6.45, 7) is 3.89. The molecule has 0 aliphatic rings. The van der Waals surface area contributed by atoms with Crippen LogP contribution in [0.1, 0.15) is 24.2 Å². The summed E-state index contributed by atoms with van der Waals surface area (Å²) in [6.07, 6.45) is 2.55. The maximum absolute atomic E-state index is 11.3. The Morgan fingerprint density at radius 2 is 2.00 bits per heavy atom. The first kappa shape index (κ1) is 14.1. The second kappa shape index (κ2) is 6.19. The number of benzene rings is 1. The summed E-state index contributed by atoms with van der Waals surface area (Å²) < 4.78 is 10.7. The quantitative estimate of drug-likeness (QED) is 0.782. The zero-order chi connectivity index (χ0) is 14.5. The van der Waals surface area contributed by atoms with Crippen LogP contribution in [-0.2, 0) is 0 Å². The zero-order valence-electron chi connectivity index (χ0n) is 11.8. The molecule has 2 rings (SSSR count). The van der Waals surface area contributed by atoms with Gasteiger partial charge in [-0.15, -0.1) is 0 Å². The van der Waals surface area contributed by atoms with E-state index in [1.54, 1.807) is 25.4 Å². The Hall–Kier alpha value is -2.36. The van der Waals surface area contributed by atoms with Crippen molar-refractivity contribution in [2.45, 2.75) is 20.0 Å². The monoisotopic (exact) mass is 271 g/mol. The predicted molar refractivity (Wildman–Crippen MR) is 77.4 cm³/mol. The molecule has 0 saturated heterocycles. The van der Waals surface area contributed by atoms with Crippen molar-refractivity contribution in [3.8, 4) is 22.8 Å². The van der Waals surface area contributed by atoms with Gasteiger partial charge in [0.2, 0.25) is 5.88 Å². The molecule has 0 aliphatic heterocycles. The third kappa shape index (κ3) is 3.15. The van der Waals surface area contributed by atoms with Crippen molar-refractivity contribution in [2.24, 2.45) is 0 Å². The van der Waals surface area contributed by atoms with Crippen molar-refractivity contribution in [3.05, 3.63) is 42.1 Å². The smallest absolute Gasteiger partial charge is 0.213 e. The maximum atomic E-state index is 11.3. The van der Waals surface area contributed by atoms with Crippen LogP contribution in [0.15, 0.2) is 36.5 Å². The van der Waals surface area contributed by atoms with E-state index in [1.807, 2.05) is 32.0 Å². The highest BCUT2D eigenvalue weighted by Crippen LogP contribution is 2.28. The van der Waals surface area contributed by atoms with Crippen molar-refractivity contribution in [1.29, 1.82) is 0 Å². The topological polar surface area (TPSA) is 48.4 Å². The molecule has 1 aromatic carbocycles. The molecule has 0 aliphatic carbocycles. The summed E-state index contributed by atoms with van der Waals surface area (Å²) in [5, 5.41) is 0. The molecule has 0 radical (unpaired) electrons. The van der Waals surface area contributed by atoms with Gasteiger partial charge in [-0.3, -0.25) is 4.79 Å². The first-order chi connectivity index (χ1) is 9.63. The highest BCUT2D eigenvalue weighted by Gasteiger charge is 2.08. The van der Waals surface area contributed by atoms with Crippen LogP contribution in [0.25, 0.3) is 11.1 Å². The summed E-state index contributed by atoms with van der Waals surface area (Å²) in [6, 6.07) is 9.11. The lowest BCUT2D eigenvalue weighted by Crippen LogP contribution is -2.05. The molecule has 0 saturated carbocycles. The van der Waals surface area contributed by atoms with Crippen molar-refractivity contribution < 1.29 is 14.3 Å². The molecule has 4 nitrogen and oxygen atoms in total. The fourth-order valence-electron chi connectivity index (χ4n) is 1.94. The van der Waals surface area contributed by atoms with Gasteiger partial charge in [0.1, 0.15) is 5.75 Å². The number of hydrogen-bond donors (Lipinski definition) is 0. The number of aldehydes is 1. The van der Waals surface area contributed by atoms with E-state index in [1.165, 1.54) is 0 Å². The van der Waals surface area contributed by atoms with Gasteiger partial charge in [-0.1, -0.05) is 0 Å². The first-order valence-corrected chi connectivity index (χ1v) is 6.40. The minimum Gasteiger partial charge on any atom is -0.491 e. The second-order valence-corrected chi connectivity index (χ2v) is 4.62. The van der Waals surface area contributed by atoms with Gasteiger partial charge in [0.05, 0.1) is 13.2 Å². The molecule has 4 heteroatoms. The van der Waals surface area contributed by atoms with Crippen molar-refractivity contribution in [2.75, 3.05) is 7.11 Å². The van der Waals surface area contributed by atoms with E-state index in [4.69, 9.17) is 9.47 Å². The molecular weight excluding hydrogens is 254 g/mol. The number of nitrogens with zero attached hydrogens (tertiary/aromatic N) is 1. The highest BCUT2D eigenvalue weighted by molar-refractivity contribution is 5.88. The number of carbonyl (C=O) groups is 1. The lowest BCUT2D eigenvalue weighted by molar-refractivity contribution is 0.112. The fourth-order valence-corrected chi connectivity index (χ4v) is 1.94. The molecule has 0 fully saturated rings. The largest absolute Gasteiger partial charge is 0.491 e.